The fourth-order valence-corrected chi connectivity index (χ4v) is 7.38. The molecule has 116 valence electrons. The van der Waals surface area contributed by atoms with Crippen LogP contribution in [0.4, 0.5) is 0 Å². The van der Waals surface area contributed by atoms with Gasteiger partial charge in [0.2, 0.25) is 0 Å². The predicted octanol–water partition coefficient (Wildman–Crippen LogP) is 2.35. The second-order valence-corrected chi connectivity index (χ2v) is 10.1. The second kappa shape index (κ2) is 6.09. The Balaban J connectivity index is 2.20. The first-order chi connectivity index (χ1) is 9.37. The molecule has 0 atom stereocenters. The van der Waals surface area contributed by atoms with Crippen LogP contribution >= 0.6 is 0 Å². The summed E-state index contributed by atoms with van der Waals surface area (Å²) in [6, 6.07) is 0. The molecule has 0 bridgehead atoms. The fraction of sp³-hybridized carbons (Fsp3) is 1.00. The zero-order valence-electron chi connectivity index (χ0n) is 11.6. The molecule has 8 heteroatoms. The summed E-state index contributed by atoms with van der Waals surface area (Å²) in [6.07, 6.45) is 6.71. The summed E-state index contributed by atoms with van der Waals surface area (Å²) in [7, 11) is -8.34. The van der Waals surface area contributed by atoms with Gasteiger partial charge in [0.1, 0.15) is 10.5 Å². The topological polar surface area (TPSA) is 93.6 Å². The number of hydrogen-bond acceptors (Lipinski definition) is 4. The Morgan fingerprint density at radius 1 is 0.650 bits per heavy atom. The standard InChI is InChI=1S/C12H22N2O4S2/c13-14(19(15,16)11-7-3-1-4-8-11)20(17,18)12-9-5-2-6-10-12/h11-12H,1-10H2. The molecule has 0 amide bonds. The van der Waals surface area contributed by atoms with E-state index in [-0.39, 0.29) is 3.51 Å². The molecule has 0 unspecified atom stereocenters. The van der Waals surface area contributed by atoms with Gasteiger partial charge in [-0.05, 0) is 25.7 Å². The van der Waals surface area contributed by atoms with E-state index in [2.05, 4.69) is 0 Å². The van der Waals surface area contributed by atoms with Crippen molar-refractivity contribution >= 4 is 20.0 Å². The number of nitrogens with zero attached hydrogens (tertiary/aromatic N) is 2. The van der Waals surface area contributed by atoms with Gasteiger partial charge in [-0.1, -0.05) is 42.0 Å². The van der Waals surface area contributed by atoms with E-state index in [4.69, 9.17) is 0 Å². The van der Waals surface area contributed by atoms with E-state index in [0.717, 1.165) is 38.5 Å². The third-order valence-electron chi connectivity index (χ3n) is 4.38. The van der Waals surface area contributed by atoms with Gasteiger partial charge in [-0.3, -0.25) is 0 Å². The second-order valence-electron chi connectivity index (χ2n) is 5.79. The van der Waals surface area contributed by atoms with Crippen LogP contribution in [0.1, 0.15) is 64.2 Å². The first kappa shape index (κ1) is 15.9. The molecule has 0 heterocycles. The quantitative estimate of drug-likeness (QED) is 0.586. The molecular formula is C12H22N2O4S2. The summed E-state index contributed by atoms with van der Waals surface area (Å²) >= 11 is 0. The molecule has 6 nitrogen and oxygen atoms in total. The van der Waals surface area contributed by atoms with Crippen molar-refractivity contribution in [1.82, 2.24) is 0 Å². The minimum atomic E-state index is -4.17. The van der Waals surface area contributed by atoms with Crippen molar-refractivity contribution < 1.29 is 20.3 Å². The SMILES string of the molecule is [N-]=[N+](S(=O)(=O)C1CCCCC1)S(=O)(=O)C1CCCCC1. The molecule has 2 fully saturated rings. The average Bonchev–Trinajstić information content (AvgIpc) is 2.48. The lowest BCUT2D eigenvalue weighted by molar-refractivity contribution is -0.208. The van der Waals surface area contributed by atoms with Gasteiger partial charge >= 0.3 is 20.0 Å². The normalized spacial score (nSPS) is 23.6. The van der Waals surface area contributed by atoms with E-state index >= 15 is 0 Å². The van der Waals surface area contributed by atoms with E-state index in [1.165, 1.54) is 0 Å². The minimum absolute atomic E-state index is 0.300. The molecule has 0 aromatic heterocycles. The van der Waals surface area contributed by atoms with E-state index in [0.29, 0.717) is 25.7 Å². The van der Waals surface area contributed by atoms with Gasteiger partial charge in [0.25, 0.3) is 0 Å². The maximum Gasteiger partial charge on any atom is 0.372 e. The Labute approximate surface area is 121 Å². The summed E-state index contributed by atoms with van der Waals surface area (Å²) in [4.78, 5) is 0. The molecule has 0 aromatic carbocycles. The Hall–Kier alpha value is -0.500. The third-order valence-corrected chi connectivity index (χ3v) is 9.13. The van der Waals surface area contributed by atoms with Crippen molar-refractivity contribution in [1.29, 1.82) is 0 Å². The van der Waals surface area contributed by atoms with E-state index < -0.39 is 30.5 Å². The zero-order valence-corrected chi connectivity index (χ0v) is 13.2. The van der Waals surface area contributed by atoms with Crippen molar-refractivity contribution in [3.63, 3.8) is 0 Å². The molecule has 0 radical (unpaired) electrons. The predicted molar refractivity (Wildman–Crippen MR) is 75.2 cm³/mol. The maximum atomic E-state index is 12.3. The van der Waals surface area contributed by atoms with E-state index in [9.17, 15) is 22.4 Å². The zero-order chi connectivity index (χ0) is 14.8. The lowest BCUT2D eigenvalue weighted by atomic mass is 10.0. The van der Waals surface area contributed by atoms with Gasteiger partial charge in [0, 0.05) is 0 Å². The van der Waals surface area contributed by atoms with Crippen molar-refractivity contribution in [3.8, 4) is 0 Å². The van der Waals surface area contributed by atoms with Gasteiger partial charge in [-0.15, -0.1) is 0 Å². The van der Waals surface area contributed by atoms with Crippen molar-refractivity contribution in [2.75, 3.05) is 0 Å². The van der Waals surface area contributed by atoms with Crippen molar-refractivity contribution in [2.24, 2.45) is 0 Å². The molecule has 0 aromatic rings. The van der Waals surface area contributed by atoms with Crippen LogP contribution in [-0.2, 0) is 20.0 Å². The molecule has 20 heavy (non-hydrogen) atoms. The van der Waals surface area contributed by atoms with Crippen LogP contribution in [0.15, 0.2) is 0 Å². The van der Waals surface area contributed by atoms with Gasteiger partial charge in [-0.25, -0.2) is 0 Å². The molecule has 0 aliphatic heterocycles. The number of hydrogen-bond donors (Lipinski definition) is 0. The molecule has 2 rings (SSSR count). The Kier molecular flexibility index (Phi) is 4.84. The van der Waals surface area contributed by atoms with Crippen LogP contribution in [0.5, 0.6) is 0 Å². The molecule has 2 aliphatic rings. The minimum Gasteiger partial charge on any atom is -0.467 e. The van der Waals surface area contributed by atoms with E-state index in [1.807, 2.05) is 0 Å². The molecule has 0 N–H and O–H groups in total. The number of sulfonamides is 2. The Morgan fingerprint density at radius 3 is 1.25 bits per heavy atom. The van der Waals surface area contributed by atoms with Gasteiger partial charge < -0.3 is 5.53 Å². The smallest absolute Gasteiger partial charge is 0.372 e. The molecule has 2 saturated carbocycles. The highest BCUT2D eigenvalue weighted by atomic mass is 32.3. The number of rotatable bonds is 4. The molecule has 0 spiro atoms. The largest absolute Gasteiger partial charge is 0.467 e. The summed E-state index contributed by atoms with van der Waals surface area (Å²) in [6.45, 7) is 0. The lowest BCUT2D eigenvalue weighted by Gasteiger charge is -2.24. The van der Waals surface area contributed by atoms with Crippen LogP contribution in [0, 0.1) is 0 Å². The van der Waals surface area contributed by atoms with Crippen LogP contribution < -0.4 is 0 Å². The average molecular weight is 322 g/mol. The fourth-order valence-electron chi connectivity index (χ4n) is 3.13. The third kappa shape index (κ3) is 3.05. The summed E-state index contributed by atoms with van der Waals surface area (Å²) in [5.74, 6) is 0. The van der Waals surface area contributed by atoms with Crippen LogP contribution in [0.25, 0.3) is 5.53 Å². The van der Waals surface area contributed by atoms with Gasteiger partial charge in [0.05, 0.1) is 0 Å². The highest BCUT2D eigenvalue weighted by Gasteiger charge is 2.44. The first-order valence-corrected chi connectivity index (χ1v) is 10.3. The van der Waals surface area contributed by atoms with Crippen LogP contribution in [0.3, 0.4) is 0 Å². The molecule has 2 aliphatic carbocycles. The lowest BCUT2D eigenvalue weighted by Crippen LogP contribution is -2.40. The Bertz CT molecular complexity index is 506. The molecule has 0 saturated heterocycles. The maximum absolute atomic E-state index is 12.3. The van der Waals surface area contributed by atoms with Crippen LogP contribution in [-0.4, -0.2) is 30.8 Å². The van der Waals surface area contributed by atoms with Gasteiger partial charge in [0.15, 0.2) is 0 Å². The van der Waals surface area contributed by atoms with Crippen molar-refractivity contribution in [2.45, 2.75) is 74.7 Å². The monoisotopic (exact) mass is 322 g/mol. The summed E-state index contributed by atoms with van der Waals surface area (Å²) in [5.41, 5.74) is 9.87. The van der Waals surface area contributed by atoms with Gasteiger partial charge in [-0.2, -0.15) is 16.8 Å². The first-order valence-electron chi connectivity index (χ1n) is 7.34. The van der Waals surface area contributed by atoms with Crippen LogP contribution in [0.2, 0.25) is 0 Å². The summed E-state index contributed by atoms with van der Waals surface area (Å²) < 4.78 is 48.8. The van der Waals surface area contributed by atoms with E-state index in [1.54, 1.807) is 0 Å². The van der Waals surface area contributed by atoms with Crippen molar-refractivity contribution in [3.05, 3.63) is 5.53 Å². The highest BCUT2D eigenvalue weighted by Crippen LogP contribution is 2.29. The molecular weight excluding hydrogens is 300 g/mol. The Morgan fingerprint density at radius 2 is 0.950 bits per heavy atom. The highest BCUT2D eigenvalue weighted by molar-refractivity contribution is 7.98. The summed E-state index contributed by atoms with van der Waals surface area (Å²) in [5, 5.41) is -1.53.